The van der Waals surface area contributed by atoms with Gasteiger partial charge in [-0.25, -0.2) is 4.79 Å². The van der Waals surface area contributed by atoms with Crippen molar-refractivity contribution in [2.24, 2.45) is 5.73 Å². The second-order valence-electron chi connectivity index (χ2n) is 10.4. The number of fused-ring (bicyclic) bond motifs is 1. The molecule has 0 aromatic heterocycles. The van der Waals surface area contributed by atoms with E-state index in [2.05, 4.69) is 16.7 Å². The fourth-order valence-corrected chi connectivity index (χ4v) is 4.49. The van der Waals surface area contributed by atoms with Gasteiger partial charge in [0.15, 0.2) is 0 Å². The molecular weight excluding hydrogens is 482 g/mol. The van der Waals surface area contributed by atoms with Crippen molar-refractivity contribution in [1.82, 2.24) is 5.32 Å². The SMILES string of the molecule is CC1(C)OCc2cc([C@@H](O)CNCCCCCCOCCCCCc3cccc(NC(N)=O)c3)ccc2O1. The summed E-state index contributed by atoms with van der Waals surface area (Å²) in [5.41, 5.74) is 8.97. The van der Waals surface area contributed by atoms with E-state index in [0.29, 0.717) is 13.2 Å². The van der Waals surface area contributed by atoms with Crippen LogP contribution >= 0.6 is 0 Å². The topological polar surface area (TPSA) is 115 Å². The van der Waals surface area contributed by atoms with Crippen LogP contribution < -0.4 is 21.1 Å². The highest BCUT2D eigenvalue weighted by Crippen LogP contribution is 2.32. The number of nitrogens with one attached hydrogen (secondary N) is 2. The molecule has 38 heavy (non-hydrogen) atoms. The Bertz CT molecular complexity index is 998. The highest BCUT2D eigenvalue weighted by atomic mass is 16.7. The zero-order valence-corrected chi connectivity index (χ0v) is 23.0. The molecule has 0 aliphatic carbocycles. The van der Waals surface area contributed by atoms with Crippen molar-refractivity contribution in [3.05, 3.63) is 59.2 Å². The third-order valence-corrected chi connectivity index (χ3v) is 6.58. The maximum absolute atomic E-state index is 11.0. The molecular formula is C30H45N3O5. The Labute approximate surface area is 227 Å². The van der Waals surface area contributed by atoms with E-state index in [-0.39, 0.29) is 0 Å². The summed E-state index contributed by atoms with van der Waals surface area (Å²) in [6, 6.07) is 13.1. The van der Waals surface area contributed by atoms with Crippen LogP contribution in [0, 0.1) is 0 Å². The lowest BCUT2D eigenvalue weighted by Crippen LogP contribution is -2.35. The fourth-order valence-electron chi connectivity index (χ4n) is 4.49. The van der Waals surface area contributed by atoms with Gasteiger partial charge in [0.2, 0.25) is 5.79 Å². The maximum Gasteiger partial charge on any atom is 0.316 e. The Hall–Kier alpha value is -2.65. The van der Waals surface area contributed by atoms with E-state index >= 15 is 0 Å². The predicted octanol–water partition coefficient (Wildman–Crippen LogP) is 5.44. The highest BCUT2D eigenvalue weighted by molar-refractivity contribution is 5.87. The van der Waals surface area contributed by atoms with Gasteiger partial charge < -0.3 is 35.7 Å². The molecule has 0 saturated carbocycles. The van der Waals surface area contributed by atoms with Crippen LogP contribution in [0.1, 0.15) is 81.6 Å². The molecule has 0 radical (unpaired) electrons. The van der Waals surface area contributed by atoms with Crippen molar-refractivity contribution < 1.29 is 24.1 Å². The molecule has 2 aromatic rings. The van der Waals surface area contributed by atoms with Crippen LogP contribution in [0.15, 0.2) is 42.5 Å². The first kappa shape index (κ1) is 29.9. The lowest BCUT2D eigenvalue weighted by molar-refractivity contribution is -0.180. The second kappa shape index (κ2) is 15.7. The molecule has 5 N–H and O–H groups in total. The van der Waals surface area contributed by atoms with Crippen LogP contribution in [-0.2, 0) is 22.5 Å². The summed E-state index contributed by atoms with van der Waals surface area (Å²) in [6.45, 7) is 7.34. The number of amides is 2. The van der Waals surface area contributed by atoms with Crippen molar-refractivity contribution in [2.45, 2.75) is 83.7 Å². The lowest BCUT2D eigenvalue weighted by atomic mass is 10.0. The van der Waals surface area contributed by atoms with Crippen molar-refractivity contribution in [1.29, 1.82) is 0 Å². The molecule has 3 rings (SSSR count). The van der Waals surface area contributed by atoms with Crippen molar-refractivity contribution in [3.63, 3.8) is 0 Å². The van der Waals surface area contributed by atoms with E-state index < -0.39 is 17.9 Å². The summed E-state index contributed by atoms with van der Waals surface area (Å²) >= 11 is 0. The standard InChI is InChI=1S/C30H45N3O5/c1-30(2)37-22-25-20-24(14-15-28(25)38-30)27(34)21-32-16-7-3-4-8-17-36-18-9-5-6-11-23-12-10-13-26(19-23)33-29(31)35/h10,12-15,19-20,27,32,34H,3-9,11,16-18,21-22H2,1-2H3,(H3,31,33,35)/t27-/m0/s1. The molecule has 0 unspecified atom stereocenters. The number of rotatable bonds is 17. The quantitative estimate of drug-likeness (QED) is 0.204. The summed E-state index contributed by atoms with van der Waals surface area (Å²) in [4.78, 5) is 11.0. The first-order chi connectivity index (χ1) is 18.3. The molecule has 8 heteroatoms. The van der Waals surface area contributed by atoms with Crippen LogP contribution in [0.5, 0.6) is 5.75 Å². The summed E-state index contributed by atoms with van der Waals surface area (Å²) in [5, 5.41) is 16.5. The Morgan fingerprint density at radius 3 is 2.61 bits per heavy atom. The van der Waals surface area contributed by atoms with Gasteiger partial charge >= 0.3 is 6.03 Å². The Kier molecular flexibility index (Phi) is 12.3. The number of aryl methyl sites for hydroxylation is 1. The molecule has 1 atom stereocenters. The summed E-state index contributed by atoms with van der Waals surface area (Å²) in [6.07, 6.45) is 8.19. The average Bonchev–Trinajstić information content (AvgIpc) is 2.87. The van der Waals surface area contributed by atoms with Gasteiger partial charge in [-0.3, -0.25) is 0 Å². The Morgan fingerprint density at radius 1 is 1.05 bits per heavy atom. The van der Waals surface area contributed by atoms with Gasteiger partial charge in [-0.2, -0.15) is 0 Å². The third-order valence-electron chi connectivity index (χ3n) is 6.58. The van der Waals surface area contributed by atoms with E-state index in [1.165, 1.54) is 5.56 Å². The molecule has 1 aliphatic heterocycles. The number of carbonyl (C=O) groups is 1. The third kappa shape index (κ3) is 11.0. The molecule has 1 heterocycles. The van der Waals surface area contributed by atoms with Gasteiger partial charge in [-0.1, -0.05) is 37.5 Å². The number of aliphatic hydroxyl groups excluding tert-OH is 1. The van der Waals surface area contributed by atoms with E-state index in [1.54, 1.807) is 0 Å². The fraction of sp³-hybridized carbons (Fsp3) is 0.567. The van der Waals surface area contributed by atoms with E-state index in [4.69, 9.17) is 19.9 Å². The lowest BCUT2D eigenvalue weighted by Gasteiger charge is -2.33. The van der Waals surface area contributed by atoms with Gasteiger partial charge in [-0.05, 0) is 74.0 Å². The molecule has 0 saturated heterocycles. The number of benzene rings is 2. The number of carbonyl (C=O) groups excluding carboxylic acids is 1. The summed E-state index contributed by atoms with van der Waals surface area (Å²) < 4.78 is 17.3. The summed E-state index contributed by atoms with van der Waals surface area (Å²) in [5.74, 6) is 0.219. The van der Waals surface area contributed by atoms with Crippen LogP contribution in [0.2, 0.25) is 0 Å². The predicted molar refractivity (Wildman–Crippen MR) is 150 cm³/mol. The minimum absolute atomic E-state index is 0.494. The Morgan fingerprint density at radius 2 is 1.82 bits per heavy atom. The molecule has 8 nitrogen and oxygen atoms in total. The summed E-state index contributed by atoms with van der Waals surface area (Å²) in [7, 11) is 0. The van der Waals surface area contributed by atoms with Crippen LogP contribution in [-0.4, -0.2) is 43.2 Å². The first-order valence-corrected chi connectivity index (χ1v) is 13.9. The average molecular weight is 528 g/mol. The normalized spacial score (nSPS) is 14.9. The first-order valence-electron chi connectivity index (χ1n) is 13.9. The largest absolute Gasteiger partial charge is 0.463 e. The van der Waals surface area contributed by atoms with E-state index in [0.717, 1.165) is 93.7 Å². The van der Waals surface area contributed by atoms with Gasteiger partial charge in [0.25, 0.3) is 0 Å². The van der Waals surface area contributed by atoms with Crippen LogP contribution in [0.25, 0.3) is 0 Å². The second-order valence-corrected chi connectivity index (χ2v) is 10.4. The molecule has 0 fully saturated rings. The van der Waals surface area contributed by atoms with E-state index in [1.807, 2.05) is 50.2 Å². The van der Waals surface area contributed by atoms with Crippen LogP contribution in [0.3, 0.4) is 0 Å². The smallest absolute Gasteiger partial charge is 0.316 e. The van der Waals surface area contributed by atoms with Crippen LogP contribution in [0.4, 0.5) is 10.5 Å². The molecule has 210 valence electrons. The highest BCUT2D eigenvalue weighted by Gasteiger charge is 2.27. The molecule has 1 aliphatic rings. The van der Waals surface area contributed by atoms with Gasteiger partial charge in [0.1, 0.15) is 5.75 Å². The minimum Gasteiger partial charge on any atom is -0.463 e. The number of aliphatic hydroxyl groups is 1. The number of hydrogen-bond acceptors (Lipinski definition) is 6. The molecule has 0 bridgehead atoms. The van der Waals surface area contributed by atoms with Crippen molar-refractivity contribution >= 4 is 11.7 Å². The van der Waals surface area contributed by atoms with Crippen molar-refractivity contribution in [2.75, 3.05) is 31.6 Å². The molecule has 2 amide bonds. The van der Waals surface area contributed by atoms with Crippen molar-refractivity contribution in [3.8, 4) is 5.75 Å². The monoisotopic (exact) mass is 527 g/mol. The zero-order valence-electron chi connectivity index (χ0n) is 23.0. The number of ether oxygens (including phenoxy) is 3. The van der Waals surface area contributed by atoms with Gasteiger partial charge in [-0.15, -0.1) is 0 Å². The minimum atomic E-state index is -0.607. The number of primary amides is 1. The Balaban J connectivity index is 1.13. The van der Waals surface area contributed by atoms with Gasteiger partial charge in [0.05, 0.1) is 12.7 Å². The number of anilines is 1. The van der Waals surface area contributed by atoms with Gasteiger partial charge in [0, 0.05) is 44.9 Å². The number of nitrogens with two attached hydrogens (primary N) is 1. The number of urea groups is 1. The number of hydrogen-bond donors (Lipinski definition) is 4. The number of unbranched alkanes of at least 4 members (excludes halogenated alkanes) is 5. The maximum atomic E-state index is 11.0. The zero-order chi connectivity index (χ0) is 27.2. The van der Waals surface area contributed by atoms with E-state index in [9.17, 15) is 9.90 Å². The molecule has 0 spiro atoms. The molecule has 2 aromatic carbocycles.